The first-order valence-corrected chi connectivity index (χ1v) is 7.77. The Bertz CT molecular complexity index is 462. The summed E-state index contributed by atoms with van der Waals surface area (Å²) in [5, 5.41) is 8.78. The monoisotopic (exact) mass is 274 g/mol. The highest BCUT2D eigenvalue weighted by atomic mass is 16.4. The Kier molecular flexibility index (Phi) is 4.85. The Hall–Kier alpha value is -1.31. The number of carbonyl (C=O) groups is 1. The maximum atomic E-state index is 10.7. The second-order valence-corrected chi connectivity index (χ2v) is 6.90. The van der Waals surface area contributed by atoms with Crippen molar-refractivity contribution in [2.75, 3.05) is 0 Å². The quantitative estimate of drug-likeness (QED) is 0.839. The SMILES string of the molecule is CC1(C)CCCC(c2ccccc2CCCC(=O)O)C1. The highest BCUT2D eigenvalue weighted by Gasteiger charge is 2.29. The fourth-order valence-corrected chi connectivity index (χ4v) is 3.55. The summed E-state index contributed by atoms with van der Waals surface area (Å²) in [5.41, 5.74) is 3.26. The summed E-state index contributed by atoms with van der Waals surface area (Å²) in [6, 6.07) is 8.63. The van der Waals surface area contributed by atoms with Gasteiger partial charge in [-0.05, 0) is 54.6 Å². The lowest BCUT2D eigenvalue weighted by Crippen LogP contribution is -2.22. The number of aliphatic carboxylic acids is 1. The van der Waals surface area contributed by atoms with Gasteiger partial charge in [-0.15, -0.1) is 0 Å². The predicted molar refractivity (Wildman–Crippen MR) is 82.0 cm³/mol. The Morgan fingerprint density at radius 2 is 2.10 bits per heavy atom. The van der Waals surface area contributed by atoms with Gasteiger partial charge in [-0.1, -0.05) is 44.5 Å². The normalized spacial score (nSPS) is 21.6. The molecular formula is C18H26O2. The van der Waals surface area contributed by atoms with E-state index in [1.165, 1.54) is 36.8 Å². The number of benzene rings is 1. The third kappa shape index (κ3) is 4.09. The Labute approximate surface area is 122 Å². The van der Waals surface area contributed by atoms with E-state index < -0.39 is 5.97 Å². The summed E-state index contributed by atoms with van der Waals surface area (Å²) in [7, 11) is 0. The van der Waals surface area contributed by atoms with Crippen LogP contribution in [0.4, 0.5) is 0 Å². The smallest absolute Gasteiger partial charge is 0.303 e. The molecule has 2 heteroatoms. The maximum absolute atomic E-state index is 10.7. The Balaban J connectivity index is 2.08. The van der Waals surface area contributed by atoms with Crippen molar-refractivity contribution < 1.29 is 9.90 Å². The first-order valence-electron chi connectivity index (χ1n) is 7.77. The molecule has 2 rings (SSSR count). The summed E-state index contributed by atoms with van der Waals surface area (Å²) in [5.74, 6) is -0.0407. The van der Waals surface area contributed by atoms with E-state index in [2.05, 4.69) is 38.1 Å². The molecule has 0 radical (unpaired) electrons. The first kappa shape index (κ1) is 15.1. The maximum Gasteiger partial charge on any atom is 0.303 e. The lowest BCUT2D eigenvalue weighted by atomic mass is 9.69. The molecule has 0 aromatic heterocycles. The first-order chi connectivity index (χ1) is 9.48. The summed E-state index contributed by atoms with van der Waals surface area (Å²) < 4.78 is 0. The molecule has 1 aromatic carbocycles. The Morgan fingerprint density at radius 3 is 2.80 bits per heavy atom. The zero-order valence-electron chi connectivity index (χ0n) is 12.7. The highest BCUT2D eigenvalue weighted by Crippen LogP contribution is 2.44. The average Bonchev–Trinajstić information content (AvgIpc) is 2.37. The molecule has 0 saturated heterocycles. The minimum atomic E-state index is -0.693. The summed E-state index contributed by atoms with van der Waals surface area (Å²) in [6.45, 7) is 4.73. The van der Waals surface area contributed by atoms with Crippen molar-refractivity contribution in [1.29, 1.82) is 0 Å². The van der Waals surface area contributed by atoms with Gasteiger partial charge in [0.05, 0.1) is 0 Å². The van der Waals surface area contributed by atoms with E-state index in [4.69, 9.17) is 5.11 Å². The molecule has 110 valence electrons. The van der Waals surface area contributed by atoms with Gasteiger partial charge in [0, 0.05) is 6.42 Å². The summed E-state index contributed by atoms with van der Waals surface area (Å²) >= 11 is 0. The van der Waals surface area contributed by atoms with E-state index in [1.807, 2.05) is 0 Å². The predicted octanol–water partition coefficient (Wildman–Crippen LogP) is 4.78. The van der Waals surface area contributed by atoms with Crippen LogP contribution in [0.5, 0.6) is 0 Å². The number of aryl methyl sites for hydroxylation is 1. The van der Waals surface area contributed by atoms with Gasteiger partial charge in [0.25, 0.3) is 0 Å². The zero-order valence-corrected chi connectivity index (χ0v) is 12.7. The lowest BCUT2D eigenvalue weighted by molar-refractivity contribution is -0.137. The number of hydrogen-bond acceptors (Lipinski definition) is 1. The molecule has 1 atom stereocenters. The van der Waals surface area contributed by atoms with Crippen LogP contribution >= 0.6 is 0 Å². The molecule has 1 N–H and O–H groups in total. The number of carboxylic acid groups (broad SMARTS) is 1. The molecule has 1 fully saturated rings. The van der Waals surface area contributed by atoms with Crippen LogP contribution in [0, 0.1) is 5.41 Å². The van der Waals surface area contributed by atoms with Gasteiger partial charge in [-0.3, -0.25) is 4.79 Å². The zero-order chi connectivity index (χ0) is 14.6. The van der Waals surface area contributed by atoms with E-state index in [-0.39, 0.29) is 6.42 Å². The van der Waals surface area contributed by atoms with Crippen molar-refractivity contribution >= 4 is 5.97 Å². The van der Waals surface area contributed by atoms with Crippen LogP contribution in [0.1, 0.15) is 69.4 Å². The number of hydrogen-bond donors (Lipinski definition) is 1. The van der Waals surface area contributed by atoms with Gasteiger partial charge < -0.3 is 5.11 Å². The molecule has 1 aliphatic rings. The van der Waals surface area contributed by atoms with Crippen molar-refractivity contribution in [3.63, 3.8) is 0 Å². The topological polar surface area (TPSA) is 37.3 Å². The molecule has 0 amide bonds. The van der Waals surface area contributed by atoms with Crippen LogP contribution < -0.4 is 0 Å². The molecule has 1 saturated carbocycles. The van der Waals surface area contributed by atoms with Crippen molar-refractivity contribution in [1.82, 2.24) is 0 Å². The number of carboxylic acids is 1. The average molecular weight is 274 g/mol. The molecular weight excluding hydrogens is 248 g/mol. The van der Waals surface area contributed by atoms with Crippen molar-refractivity contribution in [3.05, 3.63) is 35.4 Å². The van der Waals surface area contributed by atoms with Gasteiger partial charge in [-0.2, -0.15) is 0 Å². The molecule has 1 unspecified atom stereocenters. The lowest BCUT2D eigenvalue weighted by Gasteiger charge is -2.36. The highest BCUT2D eigenvalue weighted by molar-refractivity contribution is 5.66. The van der Waals surface area contributed by atoms with Crippen LogP contribution in [0.15, 0.2) is 24.3 Å². The van der Waals surface area contributed by atoms with Gasteiger partial charge >= 0.3 is 5.97 Å². The molecule has 1 aromatic rings. The van der Waals surface area contributed by atoms with E-state index in [0.29, 0.717) is 11.3 Å². The molecule has 0 bridgehead atoms. The molecule has 0 aliphatic heterocycles. The molecule has 1 aliphatic carbocycles. The van der Waals surface area contributed by atoms with Gasteiger partial charge in [-0.25, -0.2) is 0 Å². The third-order valence-electron chi connectivity index (χ3n) is 4.54. The van der Waals surface area contributed by atoms with Gasteiger partial charge in [0.15, 0.2) is 0 Å². The van der Waals surface area contributed by atoms with E-state index >= 15 is 0 Å². The third-order valence-corrected chi connectivity index (χ3v) is 4.54. The molecule has 2 nitrogen and oxygen atoms in total. The van der Waals surface area contributed by atoms with Crippen molar-refractivity contribution in [3.8, 4) is 0 Å². The van der Waals surface area contributed by atoms with Crippen molar-refractivity contribution in [2.24, 2.45) is 5.41 Å². The second kappa shape index (κ2) is 6.43. The standard InChI is InChI=1S/C18H26O2/c1-18(2)12-6-9-15(13-18)16-10-4-3-7-14(16)8-5-11-17(19)20/h3-4,7,10,15H,5-6,8-9,11-13H2,1-2H3,(H,19,20). The minimum Gasteiger partial charge on any atom is -0.481 e. The molecule has 20 heavy (non-hydrogen) atoms. The van der Waals surface area contributed by atoms with E-state index in [9.17, 15) is 4.79 Å². The van der Waals surface area contributed by atoms with Crippen LogP contribution in [0.3, 0.4) is 0 Å². The molecule has 0 spiro atoms. The van der Waals surface area contributed by atoms with Crippen LogP contribution in [0.25, 0.3) is 0 Å². The van der Waals surface area contributed by atoms with E-state index in [1.54, 1.807) is 0 Å². The van der Waals surface area contributed by atoms with Crippen LogP contribution in [-0.2, 0) is 11.2 Å². The van der Waals surface area contributed by atoms with E-state index in [0.717, 1.165) is 12.8 Å². The second-order valence-electron chi connectivity index (χ2n) is 6.90. The number of rotatable bonds is 5. The van der Waals surface area contributed by atoms with Crippen molar-refractivity contribution in [2.45, 2.75) is 64.7 Å². The van der Waals surface area contributed by atoms with Gasteiger partial charge in [0.2, 0.25) is 0 Å². The Morgan fingerprint density at radius 1 is 1.35 bits per heavy atom. The fourth-order valence-electron chi connectivity index (χ4n) is 3.55. The summed E-state index contributed by atoms with van der Waals surface area (Å²) in [6.07, 6.45) is 7.06. The minimum absolute atomic E-state index is 0.268. The largest absolute Gasteiger partial charge is 0.481 e. The van der Waals surface area contributed by atoms with Crippen LogP contribution in [-0.4, -0.2) is 11.1 Å². The van der Waals surface area contributed by atoms with Gasteiger partial charge in [0.1, 0.15) is 0 Å². The van der Waals surface area contributed by atoms with Crippen LogP contribution in [0.2, 0.25) is 0 Å². The molecule has 0 heterocycles. The summed E-state index contributed by atoms with van der Waals surface area (Å²) in [4.78, 5) is 10.7. The fraction of sp³-hybridized carbons (Fsp3) is 0.611.